The van der Waals surface area contributed by atoms with Crippen molar-refractivity contribution < 1.29 is 45.2 Å². The van der Waals surface area contributed by atoms with Crippen molar-refractivity contribution in [2.45, 2.75) is 85.5 Å². The number of aromatic nitrogens is 8. The molecule has 11 heteroatoms. The Bertz CT molecular complexity index is 3080. The third-order valence-electron chi connectivity index (χ3n) is 12.4. The van der Waals surface area contributed by atoms with Crippen LogP contribution < -0.4 is 28.2 Å². The molecule has 1 N–H and O–H groups in total. The van der Waals surface area contributed by atoms with Crippen LogP contribution in [0.15, 0.2) is 122 Å². The average Bonchev–Trinajstić information content (AvgIpc) is 4.20. The van der Waals surface area contributed by atoms with Gasteiger partial charge in [-0.1, -0.05) is 64.3 Å². The minimum atomic E-state index is -0.0112. The first-order chi connectivity index (χ1) is 32.6. The number of aryl methyl sites for hydroxylation is 2. The molecule has 0 spiro atoms. The maximum absolute atomic E-state index is 10.3. The summed E-state index contributed by atoms with van der Waals surface area (Å²) in [4.78, 5) is 22.2. The molecule has 0 radical (unpaired) electrons. The number of unbranched alkanes of at least 4 members (excludes halogenated alkanes) is 3. The predicted octanol–water partition coefficient (Wildman–Crippen LogP) is 9.14. The fraction of sp³-hybridized carbons (Fsp3) is 0.286. The molecule has 67 heavy (non-hydrogen) atoms. The van der Waals surface area contributed by atoms with Gasteiger partial charge in [0.25, 0.3) is 0 Å². The Kier molecular flexibility index (Phi) is 15.8. The fourth-order valence-electron chi connectivity index (χ4n) is 9.01. The maximum Gasteiger partial charge on any atom is 3.00 e. The Morgan fingerprint density at radius 1 is 0.433 bits per heavy atom. The Hall–Kier alpha value is -6.36. The number of hydrogen-bond donors (Lipinski definition) is 1. The van der Waals surface area contributed by atoms with Crippen molar-refractivity contribution >= 4 is 46.4 Å². The number of hydrogen-bond acceptors (Lipinski definition) is 4. The number of rotatable bonds is 18. The van der Waals surface area contributed by atoms with Crippen molar-refractivity contribution in [1.29, 1.82) is 0 Å². The van der Waals surface area contributed by atoms with Crippen LogP contribution in [-0.4, -0.2) is 34.9 Å². The summed E-state index contributed by atoms with van der Waals surface area (Å²) >= 11 is 0. The molecule has 2 aliphatic heterocycles. The molecule has 9 rings (SSSR count). The van der Waals surface area contributed by atoms with E-state index >= 15 is 0 Å². The van der Waals surface area contributed by atoms with Gasteiger partial charge >= 0.3 is 17.1 Å². The second kappa shape index (κ2) is 22.4. The quantitative estimate of drug-likeness (QED) is 0.0524. The summed E-state index contributed by atoms with van der Waals surface area (Å²) in [6, 6.07) is 33.7. The minimum absolute atomic E-state index is 0. The van der Waals surface area contributed by atoms with Crippen molar-refractivity contribution in [2.75, 3.05) is 19.8 Å². The summed E-state index contributed by atoms with van der Waals surface area (Å²) in [7, 11) is 0. The molecule has 8 bridgehead atoms. The second-order valence-corrected chi connectivity index (χ2v) is 16.9. The van der Waals surface area contributed by atoms with Gasteiger partial charge in [-0.3, -0.25) is 0 Å². The predicted molar refractivity (Wildman–Crippen MR) is 262 cm³/mol. The van der Waals surface area contributed by atoms with E-state index in [-0.39, 0.29) is 23.7 Å². The monoisotopic (exact) mass is 931 g/mol. The molecular weight excluding hydrogens is 872 g/mol. The summed E-state index contributed by atoms with van der Waals surface area (Å²) in [5.41, 5.74) is 14.2. The SMILES string of the molecule is CCCCOCC[n+]1ccccc1-c1c2nc(c(-c3cccc[n+]3CCO)c3ccc([n-]3)c(-c3cccc[n+]3CCCC)c3nc(c(-c4cccc[n+]4CCCC)c4ccc1[n-]4)C=C3)C=C2.[Mn+3]. The largest absolute Gasteiger partial charge is 3.00 e. The molecule has 0 fully saturated rings. The van der Waals surface area contributed by atoms with Gasteiger partial charge in [-0.2, -0.15) is 18.3 Å². The van der Waals surface area contributed by atoms with Gasteiger partial charge in [-0.25, -0.2) is 9.97 Å². The standard InChI is InChI=1S/C56H60N8O2.Mn/c1-4-7-30-61-32-14-10-18-49(61)53-41-22-23-42(57-41)54(50-19-11-15-33-62(50)31-8-5-2)44-25-28-47(59-44)56(52-21-13-17-35-64(52)37-40-66-39-9-6-3)48-29-27-46(60-48)55(45-26-24-43(53)58-45)51-20-12-16-34-63(51)36-38-65;/h10-29,32-35,65H,4-9,30-31,36-40H2,1-3H3;/q+2;+3. The Balaban J connectivity index is 0.00000608. The third kappa shape index (κ3) is 10.2. The molecule has 0 unspecified atom stereocenters. The van der Waals surface area contributed by atoms with Gasteiger partial charge in [0.1, 0.15) is 26.3 Å². The molecule has 10 nitrogen and oxygen atoms in total. The van der Waals surface area contributed by atoms with E-state index in [2.05, 4.69) is 167 Å². The second-order valence-electron chi connectivity index (χ2n) is 16.9. The first-order valence-electron chi connectivity index (χ1n) is 23.8. The first kappa shape index (κ1) is 47.1. The van der Waals surface area contributed by atoms with Crippen molar-refractivity contribution in [2.24, 2.45) is 0 Å². The molecule has 0 saturated heterocycles. The van der Waals surface area contributed by atoms with Crippen LogP contribution in [0.4, 0.5) is 0 Å². The van der Waals surface area contributed by atoms with Crippen LogP contribution in [0.2, 0.25) is 0 Å². The topological polar surface area (TPSA) is 99.0 Å². The van der Waals surface area contributed by atoms with Crippen molar-refractivity contribution in [3.63, 3.8) is 0 Å². The first-order valence-corrected chi connectivity index (χ1v) is 23.8. The zero-order valence-corrected chi connectivity index (χ0v) is 40.0. The number of ether oxygens (including phenoxy) is 1. The van der Waals surface area contributed by atoms with Gasteiger partial charge in [-0.15, -0.1) is 22.1 Å². The van der Waals surface area contributed by atoms with E-state index in [0.717, 1.165) is 148 Å². The van der Waals surface area contributed by atoms with Crippen LogP contribution in [0.1, 0.15) is 82.1 Å². The molecule has 2 aliphatic rings. The van der Waals surface area contributed by atoms with Crippen LogP contribution in [0.25, 0.3) is 91.4 Å². The molecule has 0 atom stereocenters. The van der Waals surface area contributed by atoms with E-state index in [9.17, 15) is 5.11 Å². The molecule has 0 aromatic carbocycles. The summed E-state index contributed by atoms with van der Waals surface area (Å²) < 4.78 is 15.1. The molecule has 7 aromatic heterocycles. The van der Waals surface area contributed by atoms with Crippen LogP contribution in [-0.2, 0) is 48.0 Å². The Labute approximate surface area is 404 Å². The van der Waals surface area contributed by atoms with Crippen LogP contribution in [0.5, 0.6) is 0 Å². The number of nitrogens with zero attached hydrogens (tertiary/aromatic N) is 8. The van der Waals surface area contributed by atoms with Crippen LogP contribution in [0.3, 0.4) is 0 Å². The normalized spacial score (nSPS) is 11.9. The van der Waals surface area contributed by atoms with Gasteiger partial charge in [0, 0.05) is 68.0 Å². The van der Waals surface area contributed by atoms with E-state index in [1.54, 1.807) is 0 Å². The Morgan fingerprint density at radius 3 is 1.12 bits per heavy atom. The van der Waals surface area contributed by atoms with Gasteiger partial charge in [0.15, 0.2) is 37.9 Å². The molecular formula is C56H60MnN8O2+5. The fourth-order valence-corrected chi connectivity index (χ4v) is 9.01. The molecule has 0 saturated carbocycles. The summed E-state index contributed by atoms with van der Waals surface area (Å²) in [6.45, 7) is 10.8. The van der Waals surface area contributed by atoms with E-state index in [0.29, 0.717) is 19.7 Å². The van der Waals surface area contributed by atoms with Crippen molar-refractivity contribution in [1.82, 2.24) is 19.9 Å². The van der Waals surface area contributed by atoms with E-state index in [1.807, 2.05) is 18.3 Å². The van der Waals surface area contributed by atoms with E-state index in [1.165, 1.54) is 0 Å². The molecule has 338 valence electrons. The average molecular weight is 932 g/mol. The van der Waals surface area contributed by atoms with Crippen molar-refractivity contribution in [3.05, 3.63) is 145 Å². The molecule has 0 aliphatic carbocycles. The van der Waals surface area contributed by atoms with Crippen LogP contribution in [0, 0.1) is 0 Å². The Morgan fingerprint density at radius 2 is 0.776 bits per heavy atom. The van der Waals surface area contributed by atoms with Crippen LogP contribution >= 0.6 is 0 Å². The van der Waals surface area contributed by atoms with Gasteiger partial charge in [0.05, 0.1) is 45.0 Å². The number of pyridine rings is 4. The zero-order valence-electron chi connectivity index (χ0n) is 38.9. The maximum atomic E-state index is 10.3. The number of aliphatic hydroxyl groups excluding tert-OH is 1. The smallest absolute Gasteiger partial charge is 0.656 e. The van der Waals surface area contributed by atoms with Crippen molar-refractivity contribution in [3.8, 4) is 45.0 Å². The third-order valence-corrected chi connectivity index (χ3v) is 12.4. The summed E-state index contributed by atoms with van der Waals surface area (Å²) in [5.74, 6) is 0. The molecule has 9 heterocycles. The summed E-state index contributed by atoms with van der Waals surface area (Å²) in [6.07, 6.45) is 23.3. The minimum Gasteiger partial charge on any atom is -0.656 e. The van der Waals surface area contributed by atoms with E-state index < -0.39 is 0 Å². The molecule has 7 aromatic rings. The summed E-state index contributed by atoms with van der Waals surface area (Å²) in [5, 5.41) is 10.3. The van der Waals surface area contributed by atoms with Gasteiger partial charge in [0.2, 0.25) is 22.8 Å². The number of aliphatic hydroxyl groups is 1. The van der Waals surface area contributed by atoms with E-state index in [4.69, 9.17) is 24.7 Å². The van der Waals surface area contributed by atoms with Gasteiger partial charge < -0.3 is 19.8 Å². The zero-order chi connectivity index (χ0) is 45.2. The number of fused-ring (bicyclic) bond motifs is 8. The molecule has 0 amide bonds. The van der Waals surface area contributed by atoms with Gasteiger partial charge in [-0.05, 0) is 55.0 Å².